The van der Waals surface area contributed by atoms with Crippen molar-refractivity contribution in [3.63, 3.8) is 0 Å². The summed E-state index contributed by atoms with van der Waals surface area (Å²) < 4.78 is 11.1. The van der Waals surface area contributed by atoms with Gasteiger partial charge in [0.2, 0.25) is 0 Å². The van der Waals surface area contributed by atoms with E-state index in [0.29, 0.717) is 29.7 Å². The molecule has 1 aliphatic rings. The van der Waals surface area contributed by atoms with Crippen LogP contribution in [0.3, 0.4) is 0 Å². The van der Waals surface area contributed by atoms with Crippen LogP contribution >= 0.6 is 11.3 Å². The fourth-order valence-electron chi connectivity index (χ4n) is 1.34. The standard InChI is InChI=1S/C8H10N2O3S2/c11-7(12)6-5-14-8(9-6)10-1-3-15(13)4-2-10/h5H,1-4H2,(H,11,12). The molecule has 1 saturated heterocycles. The normalized spacial score (nSPS) is 18.0. The van der Waals surface area contributed by atoms with Crippen LogP contribution in [0.2, 0.25) is 0 Å². The first-order valence-electron chi connectivity index (χ1n) is 4.45. The quantitative estimate of drug-likeness (QED) is 0.818. The molecule has 0 atom stereocenters. The Bertz CT molecular complexity index is 394. The summed E-state index contributed by atoms with van der Waals surface area (Å²) in [6.07, 6.45) is 0. The molecule has 1 N–H and O–H groups in total. The Balaban J connectivity index is 2.09. The molecule has 0 bridgehead atoms. The number of rotatable bonds is 2. The zero-order valence-electron chi connectivity index (χ0n) is 7.88. The van der Waals surface area contributed by atoms with Crippen molar-refractivity contribution in [1.29, 1.82) is 0 Å². The minimum atomic E-state index is -1.00. The van der Waals surface area contributed by atoms with E-state index in [0.717, 1.165) is 0 Å². The SMILES string of the molecule is O=C(O)c1csc(N2CCS(=O)CC2)n1. The van der Waals surface area contributed by atoms with Gasteiger partial charge in [0.1, 0.15) is 0 Å². The minimum absolute atomic E-state index is 0.0849. The van der Waals surface area contributed by atoms with Gasteiger partial charge in [-0.3, -0.25) is 4.21 Å². The molecule has 1 fully saturated rings. The van der Waals surface area contributed by atoms with Gasteiger partial charge in [-0.2, -0.15) is 0 Å². The van der Waals surface area contributed by atoms with E-state index in [-0.39, 0.29) is 5.69 Å². The second kappa shape index (κ2) is 4.28. The van der Waals surface area contributed by atoms with Crippen molar-refractivity contribution in [2.24, 2.45) is 0 Å². The summed E-state index contributed by atoms with van der Waals surface area (Å²) in [5.74, 6) is 0.280. The summed E-state index contributed by atoms with van der Waals surface area (Å²) >= 11 is 1.32. The zero-order chi connectivity index (χ0) is 10.8. The average molecular weight is 246 g/mol. The highest BCUT2D eigenvalue weighted by atomic mass is 32.2. The van der Waals surface area contributed by atoms with Crippen molar-refractivity contribution < 1.29 is 14.1 Å². The molecule has 0 saturated carbocycles. The number of hydrogen-bond donors (Lipinski definition) is 1. The summed E-state index contributed by atoms with van der Waals surface area (Å²) in [6.45, 7) is 1.39. The van der Waals surface area contributed by atoms with E-state index in [4.69, 9.17) is 5.11 Å². The molecule has 0 aliphatic carbocycles. The summed E-state index contributed by atoms with van der Waals surface area (Å²) in [7, 11) is -0.718. The van der Waals surface area contributed by atoms with Crippen LogP contribution in [0, 0.1) is 0 Å². The molecule has 0 radical (unpaired) electrons. The summed E-state index contributed by atoms with van der Waals surface area (Å²) in [5.41, 5.74) is 0.0849. The van der Waals surface area contributed by atoms with Crippen LogP contribution in [0.5, 0.6) is 0 Å². The van der Waals surface area contributed by atoms with Crippen molar-refractivity contribution in [2.45, 2.75) is 0 Å². The van der Waals surface area contributed by atoms with E-state index in [9.17, 15) is 9.00 Å². The maximum absolute atomic E-state index is 11.1. The zero-order valence-corrected chi connectivity index (χ0v) is 9.51. The first-order valence-corrected chi connectivity index (χ1v) is 6.82. The molecule has 2 heterocycles. The Hall–Kier alpha value is -0.950. The predicted octanol–water partition coefficient (Wildman–Crippen LogP) is 0.410. The first-order chi connectivity index (χ1) is 7.16. The average Bonchev–Trinajstić information content (AvgIpc) is 2.68. The van der Waals surface area contributed by atoms with Gasteiger partial charge in [-0.25, -0.2) is 9.78 Å². The molecule has 1 aromatic heterocycles. The molecule has 0 spiro atoms. The van der Waals surface area contributed by atoms with Gasteiger partial charge in [-0.15, -0.1) is 11.3 Å². The first kappa shape index (κ1) is 10.6. The topological polar surface area (TPSA) is 70.5 Å². The van der Waals surface area contributed by atoms with E-state index in [1.807, 2.05) is 4.90 Å². The lowest BCUT2D eigenvalue weighted by atomic mass is 10.5. The van der Waals surface area contributed by atoms with Gasteiger partial charge in [0, 0.05) is 40.8 Å². The van der Waals surface area contributed by atoms with Gasteiger partial charge in [-0.1, -0.05) is 0 Å². The molecule has 82 valence electrons. The fraction of sp³-hybridized carbons (Fsp3) is 0.500. The maximum atomic E-state index is 11.1. The van der Waals surface area contributed by atoms with Crippen LogP contribution in [-0.2, 0) is 10.8 Å². The van der Waals surface area contributed by atoms with Crippen molar-refractivity contribution in [1.82, 2.24) is 4.98 Å². The van der Waals surface area contributed by atoms with Crippen LogP contribution in [-0.4, -0.2) is 44.9 Å². The third-order valence-electron chi connectivity index (χ3n) is 2.16. The number of aromatic nitrogens is 1. The molecule has 5 nitrogen and oxygen atoms in total. The van der Waals surface area contributed by atoms with Gasteiger partial charge in [0.15, 0.2) is 10.8 Å². The summed E-state index contributed by atoms with van der Waals surface area (Å²) in [6, 6.07) is 0. The highest BCUT2D eigenvalue weighted by Crippen LogP contribution is 2.21. The van der Waals surface area contributed by atoms with Crippen LogP contribution in [0.1, 0.15) is 10.5 Å². The smallest absolute Gasteiger partial charge is 0.355 e. The monoisotopic (exact) mass is 246 g/mol. The van der Waals surface area contributed by atoms with E-state index >= 15 is 0 Å². The predicted molar refractivity (Wildman–Crippen MR) is 59.2 cm³/mol. The molecule has 1 aliphatic heterocycles. The second-order valence-corrected chi connectivity index (χ2v) is 5.69. The van der Waals surface area contributed by atoms with E-state index < -0.39 is 16.8 Å². The third kappa shape index (κ3) is 2.35. The van der Waals surface area contributed by atoms with E-state index in [2.05, 4.69) is 4.98 Å². The number of carboxylic acid groups (broad SMARTS) is 1. The number of carboxylic acids is 1. The molecule has 0 amide bonds. The van der Waals surface area contributed by atoms with Crippen LogP contribution < -0.4 is 4.90 Å². The maximum Gasteiger partial charge on any atom is 0.355 e. The molecule has 7 heteroatoms. The molecule has 0 aromatic carbocycles. The van der Waals surface area contributed by atoms with Crippen molar-refractivity contribution in [2.75, 3.05) is 29.5 Å². The van der Waals surface area contributed by atoms with Gasteiger partial charge in [0.05, 0.1) is 0 Å². The lowest BCUT2D eigenvalue weighted by Crippen LogP contribution is -2.37. The van der Waals surface area contributed by atoms with Crippen molar-refractivity contribution >= 4 is 33.2 Å². The number of aromatic carboxylic acids is 1. The third-order valence-corrected chi connectivity index (χ3v) is 4.34. The molecular weight excluding hydrogens is 236 g/mol. The Labute approximate surface area is 93.2 Å². The van der Waals surface area contributed by atoms with Crippen LogP contribution in [0.25, 0.3) is 0 Å². The van der Waals surface area contributed by atoms with Gasteiger partial charge >= 0.3 is 5.97 Å². The number of thiazole rings is 1. The second-order valence-electron chi connectivity index (χ2n) is 3.16. The summed E-state index contributed by atoms with van der Waals surface area (Å²) in [5, 5.41) is 11.0. The number of nitrogens with zero attached hydrogens (tertiary/aromatic N) is 2. The van der Waals surface area contributed by atoms with Gasteiger partial charge < -0.3 is 10.0 Å². The highest BCUT2D eigenvalue weighted by Gasteiger charge is 2.19. The molecule has 0 unspecified atom stereocenters. The van der Waals surface area contributed by atoms with E-state index in [1.54, 1.807) is 0 Å². The van der Waals surface area contributed by atoms with Crippen molar-refractivity contribution in [3.05, 3.63) is 11.1 Å². The highest BCUT2D eigenvalue weighted by molar-refractivity contribution is 7.85. The molecule has 15 heavy (non-hydrogen) atoms. The number of anilines is 1. The van der Waals surface area contributed by atoms with Crippen molar-refractivity contribution in [3.8, 4) is 0 Å². The summed E-state index contributed by atoms with van der Waals surface area (Å²) in [4.78, 5) is 16.6. The Morgan fingerprint density at radius 3 is 2.73 bits per heavy atom. The number of hydrogen-bond acceptors (Lipinski definition) is 5. The lowest BCUT2D eigenvalue weighted by Gasteiger charge is -2.25. The Morgan fingerprint density at radius 2 is 2.20 bits per heavy atom. The largest absolute Gasteiger partial charge is 0.476 e. The number of carbonyl (C=O) groups is 1. The fourth-order valence-corrected chi connectivity index (χ4v) is 3.24. The van der Waals surface area contributed by atoms with Crippen LogP contribution in [0.15, 0.2) is 5.38 Å². The lowest BCUT2D eigenvalue weighted by molar-refractivity contribution is 0.0691. The minimum Gasteiger partial charge on any atom is -0.476 e. The van der Waals surface area contributed by atoms with Gasteiger partial charge in [0.25, 0.3) is 0 Å². The van der Waals surface area contributed by atoms with Gasteiger partial charge in [-0.05, 0) is 0 Å². The molecular formula is C8H10N2O3S2. The molecule has 2 rings (SSSR count). The Morgan fingerprint density at radius 1 is 1.53 bits per heavy atom. The Kier molecular flexibility index (Phi) is 3.01. The van der Waals surface area contributed by atoms with Crippen LogP contribution in [0.4, 0.5) is 5.13 Å². The molecule has 1 aromatic rings. The van der Waals surface area contributed by atoms with E-state index in [1.165, 1.54) is 16.7 Å².